The molecule has 6 heteroatoms. The van der Waals surface area contributed by atoms with Crippen LogP contribution in [-0.4, -0.2) is 16.1 Å². The van der Waals surface area contributed by atoms with Crippen LogP contribution in [0, 0.1) is 0 Å². The van der Waals surface area contributed by atoms with E-state index in [-0.39, 0.29) is 6.42 Å². The Morgan fingerprint density at radius 3 is 2.65 bits per heavy atom. The van der Waals surface area contributed by atoms with E-state index in [0.29, 0.717) is 18.1 Å². The molecule has 3 nitrogen and oxygen atoms in total. The lowest BCUT2D eigenvalue weighted by Crippen LogP contribution is -2.09. The molecule has 0 fully saturated rings. The predicted octanol–water partition coefficient (Wildman–Crippen LogP) is 3.10. The molecule has 2 aromatic rings. The predicted molar refractivity (Wildman–Crippen MR) is 69.7 cm³/mol. The fourth-order valence-corrected chi connectivity index (χ4v) is 1.78. The first kappa shape index (κ1) is 14.5. The van der Waals surface area contributed by atoms with Crippen LogP contribution >= 0.6 is 0 Å². The fourth-order valence-electron chi connectivity index (χ4n) is 1.78. The maximum Gasteiger partial charge on any atom is 0.389 e. The maximum absolute atomic E-state index is 12.2. The topological polar surface area (TPSA) is 51.8 Å². The third kappa shape index (κ3) is 4.03. The molecule has 1 heterocycles. The van der Waals surface area contributed by atoms with Gasteiger partial charge in [0.1, 0.15) is 0 Å². The zero-order chi connectivity index (χ0) is 14.6. The molecule has 0 aliphatic heterocycles. The number of aromatic nitrogens is 2. The molecule has 2 N–H and O–H groups in total. The minimum atomic E-state index is -4.18. The second-order valence-electron chi connectivity index (χ2n) is 4.39. The van der Waals surface area contributed by atoms with E-state index in [0.717, 1.165) is 11.1 Å². The molecule has 0 saturated heterocycles. The second kappa shape index (κ2) is 6.00. The highest BCUT2D eigenvalue weighted by molar-refractivity contribution is 5.55. The van der Waals surface area contributed by atoms with Gasteiger partial charge >= 0.3 is 6.18 Å². The molecule has 0 atom stereocenters. The average molecular weight is 281 g/mol. The molecule has 0 aliphatic rings. The Kier molecular flexibility index (Phi) is 4.34. The molecule has 0 aliphatic carbocycles. The highest BCUT2D eigenvalue weighted by atomic mass is 19.4. The summed E-state index contributed by atoms with van der Waals surface area (Å²) in [6, 6.07) is 8.84. The largest absolute Gasteiger partial charge is 0.389 e. The smallest absolute Gasteiger partial charge is 0.326 e. The first-order chi connectivity index (χ1) is 9.48. The summed E-state index contributed by atoms with van der Waals surface area (Å²) < 4.78 is 36.6. The van der Waals surface area contributed by atoms with E-state index >= 15 is 0 Å². The lowest BCUT2D eigenvalue weighted by Gasteiger charge is -2.07. The summed E-state index contributed by atoms with van der Waals surface area (Å²) in [5.41, 5.74) is 7.61. The van der Waals surface area contributed by atoms with Crippen molar-refractivity contribution in [2.45, 2.75) is 25.6 Å². The minimum Gasteiger partial charge on any atom is -0.326 e. The molecule has 0 unspecified atom stereocenters. The monoisotopic (exact) mass is 281 g/mol. The standard InChI is InChI=1S/C14H14F3N3/c15-14(16,17)6-4-12-5-7-19-13(20-12)11-3-1-2-10(8-11)9-18/h1-3,5,7-8H,4,6,9,18H2. The summed E-state index contributed by atoms with van der Waals surface area (Å²) in [7, 11) is 0. The Morgan fingerprint density at radius 1 is 1.15 bits per heavy atom. The maximum atomic E-state index is 12.2. The Morgan fingerprint density at radius 2 is 1.95 bits per heavy atom. The number of halogens is 3. The van der Waals surface area contributed by atoms with Crippen LogP contribution in [0.4, 0.5) is 13.2 Å². The zero-order valence-electron chi connectivity index (χ0n) is 10.7. The quantitative estimate of drug-likeness (QED) is 0.937. The van der Waals surface area contributed by atoms with E-state index in [1.165, 1.54) is 12.3 Å². The number of aryl methyl sites for hydroxylation is 1. The van der Waals surface area contributed by atoms with Crippen LogP contribution in [0.5, 0.6) is 0 Å². The van der Waals surface area contributed by atoms with Gasteiger partial charge in [-0.25, -0.2) is 9.97 Å². The summed E-state index contributed by atoms with van der Waals surface area (Å²) in [4.78, 5) is 8.27. The summed E-state index contributed by atoms with van der Waals surface area (Å²) in [6.45, 7) is 0.390. The van der Waals surface area contributed by atoms with Gasteiger partial charge in [-0.15, -0.1) is 0 Å². The number of benzene rings is 1. The first-order valence-electron chi connectivity index (χ1n) is 6.16. The van der Waals surface area contributed by atoms with Crippen molar-refractivity contribution in [3.63, 3.8) is 0 Å². The van der Waals surface area contributed by atoms with Gasteiger partial charge in [-0.1, -0.05) is 18.2 Å². The van der Waals surface area contributed by atoms with Crippen molar-refractivity contribution in [2.75, 3.05) is 0 Å². The molecule has 0 amide bonds. The third-order valence-electron chi connectivity index (χ3n) is 2.80. The summed E-state index contributed by atoms with van der Waals surface area (Å²) >= 11 is 0. The number of alkyl halides is 3. The van der Waals surface area contributed by atoms with E-state index in [1.807, 2.05) is 24.3 Å². The van der Waals surface area contributed by atoms with Crippen LogP contribution in [-0.2, 0) is 13.0 Å². The fraction of sp³-hybridized carbons (Fsp3) is 0.286. The number of rotatable bonds is 4. The van der Waals surface area contributed by atoms with Crippen LogP contribution in [0.25, 0.3) is 11.4 Å². The molecule has 1 aromatic heterocycles. The van der Waals surface area contributed by atoms with Gasteiger partial charge in [0.25, 0.3) is 0 Å². The van der Waals surface area contributed by atoms with Crippen LogP contribution in [0.1, 0.15) is 17.7 Å². The van der Waals surface area contributed by atoms with Crippen molar-refractivity contribution in [1.29, 1.82) is 0 Å². The molecule has 0 spiro atoms. The Hall–Kier alpha value is -1.95. The molecule has 1 aromatic carbocycles. The van der Waals surface area contributed by atoms with Crippen LogP contribution in [0.3, 0.4) is 0 Å². The van der Waals surface area contributed by atoms with Crippen molar-refractivity contribution in [3.05, 3.63) is 47.8 Å². The number of nitrogens with zero attached hydrogens (tertiary/aromatic N) is 2. The lowest BCUT2D eigenvalue weighted by atomic mass is 10.1. The van der Waals surface area contributed by atoms with Gasteiger partial charge in [0.2, 0.25) is 0 Å². The van der Waals surface area contributed by atoms with Crippen molar-refractivity contribution >= 4 is 0 Å². The van der Waals surface area contributed by atoms with E-state index in [2.05, 4.69) is 9.97 Å². The first-order valence-corrected chi connectivity index (χ1v) is 6.16. The van der Waals surface area contributed by atoms with Crippen LogP contribution in [0.15, 0.2) is 36.5 Å². The molecular weight excluding hydrogens is 267 g/mol. The summed E-state index contributed by atoms with van der Waals surface area (Å²) in [5.74, 6) is 0.417. The van der Waals surface area contributed by atoms with Crippen molar-refractivity contribution in [2.24, 2.45) is 5.73 Å². The van der Waals surface area contributed by atoms with Gasteiger partial charge in [-0.3, -0.25) is 0 Å². The lowest BCUT2D eigenvalue weighted by molar-refractivity contribution is -0.134. The van der Waals surface area contributed by atoms with Gasteiger partial charge in [0.05, 0.1) is 0 Å². The molecule has 0 bridgehead atoms. The third-order valence-corrected chi connectivity index (χ3v) is 2.80. The molecule has 0 saturated carbocycles. The van der Waals surface area contributed by atoms with Crippen molar-refractivity contribution in [1.82, 2.24) is 9.97 Å². The molecule has 0 radical (unpaired) electrons. The molecule has 20 heavy (non-hydrogen) atoms. The summed E-state index contributed by atoms with van der Waals surface area (Å²) in [6.07, 6.45) is -3.73. The number of hydrogen-bond acceptors (Lipinski definition) is 3. The molecule has 2 rings (SSSR count). The van der Waals surface area contributed by atoms with Gasteiger partial charge in [0.15, 0.2) is 5.82 Å². The van der Waals surface area contributed by atoms with Crippen molar-refractivity contribution in [3.8, 4) is 11.4 Å². The van der Waals surface area contributed by atoms with Crippen molar-refractivity contribution < 1.29 is 13.2 Å². The molecular formula is C14H14F3N3. The van der Waals surface area contributed by atoms with Gasteiger partial charge in [-0.2, -0.15) is 13.2 Å². The van der Waals surface area contributed by atoms with E-state index in [4.69, 9.17) is 5.73 Å². The van der Waals surface area contributed by atoms with Crippen LogP contribution < -0.4 is 5.73 Å². The van der Waals surface area contributed by atoms with Gasteiger partial charge in [-0.05, 0) is 24.1 Å². The van der Waals surface area contributed by atoms with Gasteiger partial charge in [0, 0.05) is 30.4 Å². The van der Waals surface area contributed by atoms with Gasteiger partial charge < -0.3 is 5.73 Å². The highest BCUT2D eigenvalue weighted by Crippen LogP contribution is 2.22. The number of nitrogens with two attached hydrogens (primary N) is 1. The summed E-state index contributed by atoms with van der Waals surface area (Å²) in [5, 5.41) is 0. The zero-order valence-corrected chi connectivity index (χ0v) is 10.7. The Balaban J connectivity index is 2.20. The van der Waals surface area contributed by atoms with Crippen LogP contribution in [0.2, 0.25) is 0 Å². The van der Waals surface area contributed by atoms with E-state index in [1.54, 1.807) is 0 Å². The Labute approximate surface area is 114 Å². The second-order valence-corrected chi connectivity index (χ2v) is 4.39. The Bertz CT molecular complexity index is 582. The number of hydrogen-bond donors (Lipinski definition) is 1. The highest BCUT2D eigenvalue weighted by Gasteiger charge is 2.26. The SMILES string of the molecule is NCc1cccc(-c2nccc(CCC(F)(F)F)n2)c1. The average Bonchev–Trinajstić information content (AvgIpc) is 2.45. The minimum absolute atomic E-state index is 0.143. The van der Waals surface area contributed by atoms with E-state index < -0.39 is 12.6 Å². The normalized spacial score (nSPS) is 11.6. The van der Waals surface area contributed by atoms with E-state index in [9.17, 15) is 13.2 Å². The molecule has 106 valence electrons.